The number of fused-ring (bicyclic) bond motifs is 1. The molecular formula is C32H27Cl2N3O5. The minimum atomic E-state index is -1.45. The van der Waals surface area contributed by atoms with Crippen molar-refractivity contribution < 1.29 is 24.2 Å². The van der Waals surface area contributed by atoms with Gasteiger partial charge in [0.25, 0.3) is 5.91 Å². The highest BCUT2D eigenvalue weighted by Gasteiger charge is 2.27. The van der Waals surface area contributed by atoms with Crippen LogP contribution in [0.15, 0.2) is 91.0 Å². The van der Waals surface area contributed by atoms with E-state index in [0.717, 1.165) is 29.5 Å². The van der Waals surface area contributed by atoms with E-state index in [4.69, 9.17) is 27.9 Å². The van der Waals surface area contributed by atoms with Gasteiger partial charge in [0, 0.05) is 0 Å². The van der Waals surface area contributed by atoms with Crippen LogP contribution in [0.5, 0.6) is 11.5 Å². The van der Waals surface area contributed by atoms with Gasteiger partial charge in [-0.2, -0.15) is 0 Å². The normalized spacial score (nSPS) is 14.4. The van der Waals surface area contributed by atoms with Gasteiger partial charge in [-0.15, -0.1) is 0 Å². The molecule has 42 heavy (non-hydrogen) atoms. The van der Waals surface area contributed by atoms with Crippen LogP contribution in [-0.2, 0) is 11.2 Å². The van der Waals surface area contributed by atoms with E-state index in [2.05, 4.69) is 16.0 Å². The molecule has 0 saturated carbocycles. The number of amides is 3. The molecule has 0 aromatic heterocycles. The maximum absolute atomic E-state index is 13.2. The minimum absolute atomic E-state index is 0.0117. The lowest BCUT2D eigenvalue weighted by Gasteiger charge is -2.19. The van der Waals surface area contributed by atoms with Crippen molar-refractivity contribution in [1.82, 2.24) is 16.0 Å². The number of carboxylic acids is 1. The van der Waals surface area contributed by atoms with Gasteiger partial charge in [-0.3, -0.25) is 4.79 Å². The van der Waals surface area contributed by atoms with E-state index in [1.807, 2.05) is 72.8 Å². The zero-order valence-electron chi connectivity index (χ0n) is 22.3. The van der Waals surface area contributed by atoms with Gasteiger partial charge in [-0.1, -0.05) is 89.9 Å². The topological polar surface area (TPSA) is 117 Å². The molecule has 0 fully saturated rings. The predicted molar refractivity (Wildman–Crippen MR) is 161 cm³/mol. The molecule has 1 aliphatic rings. The fraction of sp³-hybridized carbons (Fsp3) is 0.156. The Kier molecular flexibility index (Phi) is 8.95. The lowest BCUT2D eigenvalue weighted by atomic mass is 10.1. The number of urea groups is 1. The monoisotopic (exact) mass is 603 g/mol. The van der Waals surface area contributed by atoms with Crippen LogP contribution >= 0.6 is 23.2 Å². The second-order valence-electron chi connectivity index (χ2n) is 9.74. The third-order valence-electron chi connectivity index (χ3n) is 6.96. The first-order valence-electron chi connectivity index (χ1n) is 13.3. The molecule has 0 saturated heterocycles. The Morgan fingerprint density at radius 3 is 2.43 bits per heavy atom. The Bertz CT molecular complexity index is 1630. The highest BCUT2D eigenvalue weighted by atomic mass is 35.5. The van der Waals surface area contributed by atoms with Crippen LogP contribution in [0.25, 0.3) is 11.1 Å². The number of aliphatic carboxylic acids is 1. The van der Waals surface area contributed by atoms with E-state index in [9.17, 15) is 19.5 Å². The van der Waals surface area contributed by atoms with Crippen molar-refractivity contribution >= 4 is 41.1 Å². The van der Waals surface area contributed by atoms with Gasteiger partial charge in [-0.25, -0.2) is 9.59 Å². The third kappa shape index (κ3) is 6.67. The summed E-state index contributed by atoms with van der Waals surface area (Å²) in [7, 11) is 0. The summed E-state index contributed by atoms with van der Waals surface area (Å²) in [4.78, 5) is 37.7. The molecule has 8 nitrogen and oxygen atoms in total. The van der Waals surface area contributed by atoms with Gasteiger partial charge in [0.05, 0.1) is 28.2 Å². The van der Waals surface area contributed by atoms with Crippen LogP contribution in [0, 0.1) is 0 Å². The largest absolute Gasteiger partial charge is 0.480 e. The summed E-state index contributed by atoms with van der Waals surface area (Å²) in [6.45, 7) is -0.362. The SMILES string of the molecule is O=C(NC[C@H](NC(=O)c1c(Cl)ccc(Oc2cccc(-c3ccccc3)c2)c1Cl)C(=O)O)N[C@@H]1CCc2ccccc21. The van der Waals surface area contributed by atoms with Crippen molar-refractivity contribution in [3.05, 3.63) is 118 Å². The van der Waals surface area contributed by atoms with Crippen molar-refractivity contribution in [2.45, 2.75) is 24.9 Å². The molecule has 1 aliphatic carbocycles. The average molecular weight is 604 g/mol. The van der Waals surface area contributed by atoms with E-state index in [1.54, 1.807) is 6.07 Å². The van der Waals surface area contributed by atoms with Gasteiger partial charge in [0.2, 0.25) is 0 Å². The number of halogens is 2. The van der Waals surface area contributed by atoms with Crippen LogP contribution in [0.3, 0.4) is 0 Å². The fourth-order valence-corrected chi connectivity index (χ4v) is 5.44. The van der Waals surface area contributed by atoms with Crippen molar-refractivity contribution in [2.24, 2.45) is 0 Å². The number of benzene rings is 4. The lowest BCUT2D eigenvalue weighted by Crippen LogP contribution is -2.50. The van der Waals surface area contributed by atoms with Crippen molar-refractivity contribution in [1.29, 1.82) is 0 Å². The number of nitrogens with one attached hydrogen (secondary N) is 3. The molecule has 4 N–H and O–H groups in total. The van der Waals surface area contributed by atoms with Crippen molar-refractivity contribution in [2.75, 3.05) is 6.54 Å². The number of hydrogen-bond acceptors (Lipinski definition) is 4. The van der Waals surface area contributed by atoms with Crippen LogP contribution in [0.4, 0.5) is 4.79 Å². The molecule has 10 heteroatoms. The van der Waals surface area contributed by atoms with E-state index >= 15 is 0 Å². The Morgan fingerprint density at radius 1 is 0.905 bits per heavy atom. The molecule has 214 valence electrons. The molecule has 0 unspecified atom stereocenters. The van der Waals surface area contributed by atoms with E-state index < -0.39 is 23.9 Å². The third-order valence-corrected chi connectivity index (χ3v) is 7.65. The fourth-order valence-electron chi connectivity index (χ4n) is 4.86. The molecule has 0 radical (unpaired) electrons. The molecule has 3 amide bonds. The van der Waals surface area contributed by atoms with Gasteiger partial charge >= 0.3 is 12.0 Å². The first-order chi connectivity index (χ1) is 20.3. The zero-order chi connectivity index (χ0) is 29.6. The van der Waals surface area contributed by atoms with Crippen molar-refractivity contribution in [3.63, 3.8) is 0 Å². The Balaban J connectivity index is 1.25. The molecule has 4 aromatic carbocycles. The summed E-state index contributed by atoms with van der Waals surface area (Å²) < 4.78 is 5.98. The maximum atomic E-state index is 13.2. The predicted octanol–water partition coefficient (Wildman–Crippen LogP) is 6.62. The van der Waals surface area contributed by atoms with Gasteiger partial charge < -0.3 is 25.8 Å². The number of ether oxygens (including phenoxy) is 1. The molecular weight excluding hydrogens is 577 g/mol. The van der Waals surface area contributed by atoms with E-state index in [-0.39, 0.29) is 33.9 Å². The average Bonchev–Trinajstić information content (AvgIpc) is 3.40. The number of carbonyl (C=O) groups is 3. The van der Waals surface area contributed by atoms with Crippen LogP contribution in [0.2, 0.25) is 10.0 Å². The Morgan fingerprint density at radius 2 is 1.64 bits per heavy atom. The summed E-state index contributed by atoms with van der Waals surface area (Å²) in [5, 5.41) is 17.4. The second-order valence-corrected chi connectivity index (χ2v) is 10.5. The van der Waals surface area contributed by atoms with Gasteiger partial charge in [0.1, 0.15) is 17.5 Å². The van der Waals surface area contributed by atoms with Crippen LogP contribution in [-0.4, -0.2) is 35.6 Å². The van der Waals surface area contributed by atoms with Crippen LogP contribution in [0.1, 0.15) is 33.9 Å². The number of rotatable bonds is 9. The molecule has 0 spiro atoms. The highest BCUT2D eigenvalue weighted by Crippen LogP contribution is 2.37. The maximum Gasteiger partial charge on any atom is 0.328 e. The standard InChI is InChI=1S/C32H27Cl2N3O5/c33-24-14-16-27(42-22-11-6-10-21(17-22)19-7-2-1-3-8-19)29(34)28(24)30(38)36-26(31(39)40)18-35-32(41)37-25-15-13-20-9-4-5-12-23(20)25/h1-12,14,16-17,25-26H,13,15,18H2,(H,36,38)(H,39,40)(H2,35,37,41)/t25-,26+/m1/s1. The molecule has 0 aliphatic heterocycles. The summed E-state index contributed by atoms with van der Waals surface area (Å²) >= 11 is 12.8. The Labute approximate surface area is 252 Å². The number of hydrogen-bond donors (Lipinski definition) is 4. The molecule has 2 atom stereocenters. The summed E-state index contributed by atoms with van der Waals surface area (Å²) in [6.07, 6.45) is 1.59. The van der Waals surface area contributed by atoms with Crippen LogP contribution < -0.4 is 20.7 Å². The number of aryl methyl sites for hydroxylation is 1. The molecule has 0 heterocycles. The summed E-state index contributed by atoms with van der Waals surface area (Å²) in [6, 6.07) is 25.8. The Hall–Kier alpha value is -4.53. The first kappa shape index (κ1) is 29.0. The first-order valence-corrected chi connectivity index (χ1v) is 14.0. The summed E-state index contributed by atoms with van der Waals surface area (Å²) in [5.41, 5.74) is 3.99. The minimum Gasteiger partial charge on any atom is -0.480 e. The molecule has 0 bridgehead atoms. The molecule has 5 rings (SSSR count). The van der Waals surface area contributed by atoms with Crippen molar-refractivity contribution in [3.8, 4) is 22.6 Å². The smallest absolute Gasteiger partial charge is 0.328 e. The number of carboxylic acid groups (broad SMARTS) is 1. The van der Waals surface area contributed by atoms with Gasteiger partial charge in [0.15, 0.2) is 0 Å². The highest BCUT2D eigenvalue weighted by molar-refractivity contribution is 6.40. The van der Waals surface area contributed by atoms with Gasteiger partial charge in [-0.05, 0) is 59.4 Å². The molecule has 4 aromatic rings. The second kappa shape index (κ2) is 13.0. The quantitative estimate of drug-likeness (QED) is 0.171. The summed E-state index contributed by atoms with van der Waals surface area (Å²) in [5.74, 6) is -1.52. The van der Waals surface area contributed by atoms with E-state index in [0.29, 0.717) is 5.75 Å². The lowest BCUT2D eigenvalue weighted by molar-refractivity contribution is -0.139. The van der Waals surface area contributed by atoms with E-state index in [1.165, 1.54) is 17.7 Å². The zero-order valence-corrected chi connectivity index (χ0v) is 23.8. The number of carbonyl (C=O) groups excluding carboxylic acids is 2.